The first-order chi connectivity index (χ1) is 10.4. The Morgan fingerprint density at radius 3 is 2.86 bits per heavy atom. The van der Waals surface area contributed by atoms with Crippen LogP contribution in [0.5, 0.6) is 0 Å². The summed E-state index contributed by atoms with van der Waals surface area (Å²) in [5, 5.41) is 17.4. The third-order valence-electron chi connectivity index (χ3n) is 3.08. The lowest BCUT2D eigenvalue weighted by Crippen LogP contribution is -2.38. The molecule has 22 heavy (non-hydrogen) atoms. The van der Waals surface area contributed by atoms with Gasteiger partial charge in [0, 0.05) is 19.4 Å². The van der Waals surface area contributed by atoms with E-state index in [4.69, 9.17) is 9.63 Å². The van der Waals surface area contributed by atoms with Gasteiger partial charge in [0.15, 0.2) is 0 Å². The molecule has 7 nitrogen and oxygen atoms in total. The van der Waals surface area contributed by atoms with E-state index in [-0.39, 0.29) is 18.9 Å². The molecule has 0 aromatic carbocycles. The van der Waals surface area contributed by atoms with E-state index in [1.165, 1.54) is 11.3 Å². The summed E-state index contributed by atoms with van der Waals surface area (Å²) >= 11 is 1.51. The highest BCUT2D eigenvalue weighted by Gasteiger charge is 2.27. The Labute approximate surface area is 131 Å². The number of nitrogens with one attached hydrogen (secondary N) is 1. The zero-order valence-corrected chi connectivity index (χ0v) is 13.1. The quantitative estimate of drug-likeness (QED) is 0.807. The number of carboxylic acids is 1. The number of nitrogens with zero attached hydrogens (tertiary/aromatic N) is 2. The molecule has 2 aromatic heterocycles. The summed E-state index contributed by atoms with van der Waals surface area (Å²) in [6.45, 7) is 3.19. The number of hydrogen-bond acceptors (Lipinski definition) is 6. The van der Waals surface area contributed by atoms with Crippen LogP contribution in [0.2, 0.25) is 0 Å². The summed E-state index contributed by atoms with van der Waals surface area (Å²) < 4.78 is 5.09. The Hall–Kier alpha value is -2.22. The molecule has 0 fully saturated rings. The van der Waals surface area contributed by atoms with E-state index < -0.39 is 11.4 Å². The van der Waals surface area contributed by atoms with Crippen molar-refractivity contribution < 1.29 is 19.2 Å². The highest BCUT2D eigenvalue weighted by Crippen LogP contribution is 2.21. The summed E-state index contributed by atoms with van der Waals surface area (Å²) in [7, 11) is 0. The monoisotopic (exact) mass is 323 g/mol. The van der Waals surface area contributed by atoms with Crippen LogP contribution in [0.25, 0.3) is 10.7 Å². The molecule has 0 spiro atoms. The summed E-state index contributed by atoms with van der Waals surface area (Å²) in [5.41, 5.74) is -0.994. The minimum atomic E-state index is -0.994. The molecule has 0 unspecified atom stereocenters. The normalized spacial score (nSPS) is 11.4. The third kappa shape index (κ3) is 4.14. The Morgan fingerprint density at radius 2 is 2.23 bits per heavy atom. The lowest BCUT2D eigenvalue weighted by Gasteiger charge is -2.19. The van der Waals surface area contributed by atoms with Crippen molar-refractivity contribution >= 4 is 23.2 Å². The minimum absolute atomic E-state index is 0.0748. The van der Waals surface area contributed by atoms with E-state index in [2.05, 4.69) is 15.5 Å². The van der Waals surface area contributed by atoms with Gasteiger partial charge in [0.2, 0.25) is 17.6 Å². The van der Waals surface area contributed by atoms with Gasteiger partial charge in [-0.2, -0.15) is 4.98 Å². The number of aromatic nitrogens is 2. The van der Waals surface area contributed by atoms with Crippen molar-refractivity contribution in [3.8, 4) is 10.7 Å². The average molecular weight is 323 g/mol. The predicted octanol–water partition coefficient (Wildman–Crippen LogP) is 1.96. The maximum absolute atomic E-state index is 11.7. The molecular formula is C14H17N3O4S. The van der Waals surface area contributed by atoms with E-state index in [1.54, 1.807) is 13.8 Å². The maximum Gasteiger partial charge on any atom is 0.310 e. The van der Waals surface area contributed by atoms with Gasteiger partial charge in [-0.05, 0) is 25.3 Å². The standard InChI is InChI=1S/C14H17N3O4S/c1-14(2,13(19)20)8-15-10(18)5-6-11-16-12(17-21-11)9-4-3-7-22-9/h3-4,7H,5-6,8H2,1-2H3,(H,15,18)(H,19,20). The molecule has 0 radical (unpaired) electrons. The summed E-state index contributed by atoms with van der Waals surface area (Å²) in [6.07, 6.45) is 0.486. The number of carbonyl (C=O) groups is 2. The van der Waals surface area contributed by atoms with Crippen LogP contribution >= 0.6 is 11.3 Å². The Morgan fingerprint density at radius 1 is 1.45 bits per heavy atom. The van der Waals surface area contributed by atoms with Gasteiger partial charge in [-0.1, -0.05) is 11.2 Å². The van der Waals surface area contributed by atoms with Crippen molar-refractivity contribution in [3.05, 3.63) is 23.4 Å². The molecule has 0 aliphatic carbocycles. The molecular weight excluding hydrogens is 306 g/mol. The van der Waals surface area contributed by atoms with Crippen molar-refractivity contribution in [2.75, 3.05) is 6.54 Å². The first kappa shape index (κ1) is 16.2. The highest BCUT2D eigenvalue weighted by atomic mass is 32.1. The average Bonchev–Trinajstić information content (AvgIpc) is 3.13. The number of rotatable bonds is 7. The fourth-order valence-corrected chi connectivity index (χ4v) is 2.22. The Bertz CT molecular complexity index is 649. The number of aryl methyl sites for hydroxylation is 1. The van der Waals surface area contributed by atoms with Crippen molar-refractivity contribution in [2.45, 2.75) is 26.7 Å². The summed E-state index contributed by atoms with van der Waals surface area (Å²) in [6, 6.07) is 3.79. The molecule has 0 bridgehead atoms. The van der Waals surface area contributed by atoms with Crippen LogP contribution in [0, 0.1) is 5.41 Å². The van der Waals surface area contributed by atoms with Gasteiger partial charge in [-0.15, -0.1) is 11.3 Å². The van der Waals surface area contributed by atoms with Crippen LogP contribution in [-0.4, -0.2) is 33.7 Å². The maximum atomic E-state index is 11.7. The second kappa shape index (κ2) is 6.69. The van der Waals surface area contributed by atoms with Gasteiger partial charge >= 0.3 is 5.97 Å². The number of amides is 1. The summed E-state index contributed by atoms with van der Waals surface area (Å²) in [5.74, 6) is -0.302. The molecule has 0 aliphatic rings. The van der Waals surface area contributed by atoms with E-state index >= 15 is 0 Å². The van der Waals surface area contributed by atoms with Crippen LogP contribution in [0.4, 0.5) is 0 Å². The topological polar surface area (TPSA) is 105 Å². The van der Waals surface area contributed by atoms with E-state index in [9.17, 15) is 9.59 Å². The van der Waals surface area contributed by atoms with Crippen molar-refractivity contribution in [2.24, 2.45) is 5.41 Å². The number of hydrogen-bond donors (Lipinski definition) is 2. The number of aliphatic carboxylic acids is 1. The van der Waals surface area contributed by atoms with E-state index in [1.807, 2.05) is 17.5 Å². The van der Waals surface area contributed by atoms with Gasteiger partial charge in [0.25, 0.3) is 0 Å². The van der Waals surface area contributed by atoms with Crippen LogP contribution in [0.1, 0.15) is 26.2 Å². The predicted molar refractivity (Wildman–Crippen MR) is 80.4 cm³/mol. The Balaban J connectivity index is 1.81. The molecule has 2 aromatic rings. The number of carboxylic acid groups (broad SMARTS) is 1. The molecule has 8 heteroatoms. The SMILES string of the molecule is CC(C)(CNC(=O)CCc1nc(-c2cccs2)no1)C(=O)O. The molecule has 0 atom stereocenters. The molecule has 118 valence electrons. The second-order valence-electron chi connectivity index (χ2n) is 5.45. The second-order valence-corrected chi connectivity index (χ2v) is 6.40. The molecule has 0 aliphatic heterocycles. The smallest absolute Gasteiger partial charge is 0.310 e. The lowest BCUT2D eigenvalue weighted by molar-refractivity contribution is -0.146. The van der Waals surface area contributed by atoms with E-state index in [0.717, 1.165) is 4.88 Å². The highest BCUT2D eigenvalue weighted by molar-refractivity contribution is 7.13. The zero-order valence-electron chi connectivity index (χ0n) is 12.3. The van der Waals surface area contributed by atoms with Gasteiger partial charge < -0.3 is 14.9 Å². The van der Waals surface area contributed by atoms with E-state index in [0.29, 0.717) is 18.1 Å². The van der Waals surface area contributed by atoms with Crippen LogP contribution in [-0.2, 0) is 16.0 Å². The van der Waals surface area contributed by atoms with Crippen molar-refractivity contribution in [3.63, 3.8) is 0 Å². The minimum Gasteiger partial charge on any atom is -0.481 e. The molecule has 2 heterocycles. The van der Waals surface area contributed by atoms with Crippen LogP contribution < -0.4 is 5.32 Å². The van der Waals surface area contributed by atoms with Crippen molar-refractivity contribution in [1.29, 1.82) is 0 Å². The number of carbonyl (C=O) groups excluding carboxylic acids is 1. The van der Waals surface area contributed by atoms with Crippen LogP contribution in [0.15, 0.2) is 22.0 Å². The van der Waals surface area contributed by atoms with Gasteiger partial charge in [0.05, 0.1) is 10.3 Å². The molecule has 1 amide bonds. The van der Waals surface area contributed by atoms with Gasteiger partial charge in [0.1, 0.15) is 0 Å². The largest absolute Gasteiger partial charge is 0.481 e. The lowest BCUT2D eigenvalue weighted by atomic mass is 9.94. The molecule has 2 N–H and O–H groups in total. The fourth-order valence-electron chi connectivity index (χ4n) is 1.57. The van der Waals surface area contributed by atoms with Gasteiger partial charge in [-0.25, -0.2) is 0 Å². The summed E-state index contributed by atoms with van der Waals surface area (Å²) in [4.78, 5) is 27.8. The first-order valence-electron chi connectivity index (χ1n) is 6.75. The van der Waals surface area contributed by atoms with Crippen molar-refractivity contribution in [1.82, 2.24) is 15.5 Å². The molecule has 0 saturated heterocycles. The zero-order chi connectivity index (χ0) is 16.2. The van der Waals surface area contributed by atoms with Crippen LogP contribution in [0.3, 0.4) is 0 Å². The third-order valence-corrected chi connectivity index (χ3v) is 3.95. The number of thiophene rings is 1. The Kier molecular flexibility index (Phi) is 4.92. The molecule has 2 rings (SSSR count). The van der Waals surface area contributed by atoms with Gasteiger partial charge in [-0.3, -0.25) is 9.59 Å². The first-order valence-corrected chi connectivity index (χ1v) is 7.63. The fraction of sp³-hybridized carbons (Fsp3) is 0.429. The molecule has 0 saturated carbocycles.